The number of carbonyl (C=O) groups is 1. The third kappa shape index (κ3) is 6.76. The highest BCUT2D eigenvalue weighted by Crippen LogP contribution is 2.27. The van der Waals surface area contributed by atoms with Gasteiger partial charge in [0, 0.05) is 50.6 Å². The standard InChI is InChI=1S/C23H33FN4OS/c1-17(16-23(2,3)4)14-21(29)27-10-5-11-28(13-12-27)22-25-20(26-30-22)15-18-6-8-19(24)9-7-18/h6-9,17H,5,10-16H2,1-4H3/t17-/m0/s1. The van der Waals surface area contributed by atoms with Gasteiger partial charge >= 0.3 is 0 Å². The zero-order valence-corrected chi connectivity index (χ0v) is 19.3. The Kier molecular flexibility index (Phi) is 7.45. The lowest BCUT2D eigenvalue weighted by Gasteiger charge is -2.26. The predicted molar refractivity (Wildman–Crippen MR) is 120 cm³/mol. The van der Waals surface area contributed by atoms with Crippen LogP contribution in [0.1, 0.15) is 58.3 Å². The third-order valence-electron chi connectivity index (χ3n) is 5.34. The molecule has 30 heavy (non-hydrogen) atoms. The first-order valence-corrected chi connectivity index (χ1v) is 11.6. The van der Waals surface area contributed by atoms with Gasteiger partial charge in [0.1, 0.15) is 11.6 Å². The van der Waals surface area contributed by atoms with E-state index in [1.165, 1.54) is 23.7 Å². The summed E-state index contributed by atoms with van der Waals surface area (Å²) in [7, 11) is 0. The normalized spacial score (nSPS) is 16.4. The van der Waals surface area contributed by atoms with Crippen LogP contribution in [0.5, 0.6) is 0 Å². The molecule has 0 saturated carbocycles. The second kappa shape index (κ2) is 9.86. The lowest BCUT2D eigenvalue weighted by atomic mass is 9.84. The van der Waals surface area contributed by atoms with Crippen molar-refractivity contribution in [2.24, 2.45) is 11.3 Å². The Labute approximate surface area is 183 Å². The molecule has 1 aliphatic rings. The van der Waals surface area contributed by atoms with Gasteiger partial charge in [0.05, 0.1) is 0 Å². The summed E-state index contributed by atoms with van der Waals surface area (Å²) in [6.07, 6.45) is 3.21. The fourth-order valence-electron chi connectivity index (χ4n) is 4.13. The summed E-state index contributed by atoms with van der Waals surface area (Å²) in [5.74, 6) is 1.19. The average molecular weight is 433 g/mol. The molecule has 0 radical (unpaired) electrons. The van der Waals surface area contributed by atoms with E-state index in [0.717, 1.165) is 55.5 Å². The molecule has 7 heteroatoms. The third-order valence-corrected chi connectivity index (χ3v) is 6.15. The number of amides is 1. The molecule has 1 aromatic heterocycles. The van der Waals surface area contributed by atoms with Crippen LogP contribution in [0.3, 0.4) is 0 Å². The van der Waals surface area contributed by atoms with Crippen LogP contribution in [0.2, 0.25) is 0 Å². The summed E-state index contributed by atoms with van der Waals surface area (Å²) < 4.78 is 17.6. The van der Waals surface area contributed by atoms with Crippen LogP contribution in [0.15, 0.2) is 24.3 Å². The SMILES string of the molecule is C[C@@H](CC(=O)N1CCCN(c2nc(Cc3ccc(F)cc3)ns2)CC1)CC(C)(C)C. The molecule has 1 aliphatic heterocycles. The molecular formula is C23H33FN4OS. The average Bonchev–Trinajstić information content (AvgIpc) is 2.96. The number of nitrogens with zero attached hydrogens (tertiary/aromatic N) is 4. The largest absolute Gasteiger partial charge is 0.345 e. The van der Waals surface area contributed by atoms with E-state index in [9.17, 15) is 9.18 Å². The molecular weight excluding hydrogens is 399 g/mol. The first-order chi connectivity index (χ1) is 14.2. The number of aromatic nitrogens is 2. The molecule has 2 aromatic rings. The molecule has 164 valence electrons. The Morgan fingerprint density at radius 2 is 1.90 bits per heavy atom. The van der Waals surface area contributed by atoms with Crippen molar-refractivity contribution in [3.8, 4) is 0 Å². The van der Waals surface area contributed by atoms with E-state index in [-0.39, 0.29) is 17.1 Å². The summed E-state index contributed by atoms with van der Waals surface area (Å²) in [6, 6.07) is 6.47. The van der Waals surface area contributed by atoms with Crippen LogP contribution >= 0.6 is 11.5 Å². The summed E-state index contributed by atoms with van der Waals surface area (Å²) >= 11 is 1.40. The van der Waals surface area contributed by atoms with Crippen LogP contribution in [-0.2, 0) is 11.2 Å². The molecule has 0 aliphatic carbocycles. The van der Waals surface area contributed by atoms with Crippen LogP contribution in [0.4, 0.5) is 9.52 Å². The minimum atomic E-state index is -0.234. The van der Waals surface area contributed by atoms with Crippen LogP contribution in [-0.4, -0.2) is 46.3 Å². The number of rotatable bonds is 6. The zero-order chi connectivity index (χ0) is 21.7. The predicted octanol–water partition coefficient (Wildman–Crippen LogP) is 4.77. The van der Waals surface area contributed by atoms with Gasteiger partial charge in [0.15, 0.2) is 0 Å². The van der Waals surface area contributed by atoms with E-state index < -0.39 is 0 Å². The number of halogens is 1. The first kappa shape index (κ1) is 22.7. The van der Waals surface area contributed by atoms with E-state index in [0.29, 0.717) is 18.8 Å². The van der Waals surface area contributed by atoms with E-state index in [1.54, 1.807) is 12.1 Å². The fourth-order valence-corrected chi connectivity index (χ4v) is 4.87. The van der Waals surface area contributed by atoms with Gasteiger partial charge in [0.2, 0.25) is 11.0 Å². The van der Waals surface area contributed by atoms with Gasteiger partial charge in [-0.3, -0.25) is 4.79 Å². The van der Waals surface area contributed by atoms with Gasteiger partial charge in [0.25, 0.3) is 0 Å². The number of hydrogen-bond acceptors (Lipinski definition) is 5. The molecule has 1 saturated heterocycles. The molecule has 1 amide bonds. The van der Waals surface area contributed by atoms with Crippen LogP contribution in [0.25, 0.3) is 0 Å². The maximum atomic E-state index is 13.1. The van der Waals surface area contributed by atoms with Gasteiger partial charge in [-0.15, -0.1) is 0 Å². The Hall–Kier alpha value is -2.02. The molecule has 0 bridgehead atoms. The van der Waals surface area contributed by atoms with Crippen molar-refractivity contribution in [3.05, 3.63) is 41.5 Å². The Balaban J connectivity index is 1.53. The van der Waals surface area contributed by atoms with Gasteiger partial charge < -0.3 is 9.80 Å². The van der Waals surface area contributed by atoms with Crippen molar-refractivity contribution >= 4 is 22.6 Å². The monoisotopic (exact) mass is 432 g/mol. The summed E-state index contributed by atoms with van der Waals surface area (Å²) in [6.45, 7) is 12.1. The number of anilines is 1. The second-order valence-electron chi connectivity index (χ2n) is 9.59. The van der Waals surface area contributed by atoms with Crippen molar-refractivity contribution in [3.63, 3.8) is 0 Å². The first-order valence-electron chi connectivity index (χ1n) is 10.8. The molecule has 3 rings (SSSR count). The van der Waals surface area contributed by atoms with E-state index >= 15 is 0 Å². The number of carbonyl (C=O) groups excluding carboxylic acids is 1. The molecule has 1 aromatic carbocycles. The maximum Gasteiger partial charge on any atom is 0.222 e. The number of benzene rings is 1. The van der Waals surface area contributed by atoms with Gasteiger partial charge in [-0.25, -0.2) is 9.37 Å². The Morgan fingerprint density at radius 1 is 1.17 bits per heavy atom. The zero-order valence-electron chi connectivity index (χ0n) is 18.5. The maximum absolute atomic E-state index is 13.1. The van der Waals surface area contributed by atoms with E-state index in [2.05, 4.69) is 42.0 Å². The van der Waals surface area contributed by atoms with Crippen molar-refractivity contribution in [1.82, 2.24) is 14.3 Å². The van der Waals surface area contributed by atoms with Crippen molar-refractivity contribution in [2.45, 2.75) is 53.4 Å². The molecule has 0 spiro atoms. The topological polar surface area (TPSA) is 49.3 Å². The highest BCUT2D eigenvalue weighted by atomic mass is 32.1. The molecule has 0 unspecified atom stereocenters. The van der Waals surface area contributed by atoms with E-state index in [1.807, 2.05) is 4.90 Å². The van der Waals surface area contributed by atoms with Crippen molar-refractivity contribution < 1.29 is 9.18 Å². The quantitative estimate of drug-likeness (QED) is 0.660. The summed E-state index contributed by atoms with van der Waals surface area (Å²) in [5.41, 5.74) is 1.25. The Morgan fingerprint density at radius 3 is 2.60 bits per heavy atom. The molecule has 2 heterocycles. The smallest absolute Gasteiger partial charge is 0.222 e. The molecule has 1 fully saturated rings. The highest BCUT2D eigenvalue weighted by molar-refractivity contribution is 7.09. The van der Waals surface area contributed by atoms with Gasteiger partial charge in [-0.1, -0.05) is 39.8 Å². The molecule has 0 N–H and O–H groups in total. The number of hydrogen-bond donors (Lipinski definition) is 0. The second-order valence-corrected chi connectivity index (χ2v) is 10.3. The molecule has 5 nitrogen and oxygen atoms in total. The van der Waals surface area contributed by atoms with Gasteiger partial charge in [-0.2, -0.15) is 4.37 Å². The summed E-state index contributed by atoms with van der Waals surface area (Å²) in [5, 5.41) is 0.905. The summed E-state index contributed by atoms with van der Waals surface area (Å²) in [4.78, 5) is 21.7. The van der Waals surface area contributed by atoms with Gasteiger partial charge in [-0.05, 0) is 41.9 Å². The lowest BCUT2D eigenvalue weighted by Crippen LogP contribution is -2.36. The molecule has 1 atom stereocenters. The highest BCUT2D eigenvalue weighted by Gasteiger charge is 2.24. The Bertz CT molecular complexity index is 830. The lowest BCUT2D eigenvalue weighted by molar-refractivity contribution is -0.132. The van der Waals surface area contributed by atoms with E-state index in [4.69, 9.17) is 0 Å². The van der Waals surface area contributed by atoms with Crippen molar-refractivity contribution in [1.29, 1.82) is 0 Å². The van der Waals surface area contributed by atoms with Crippen LogP contribution in [0, 0.1) is 17.2 Å². The van der Waals surface area contributed by atoms with Crippen LogP contribution < -0.4 is 4.90 Å². The minimum Gasteiger partial charge on any atom is -0.345 e. The fraction of sp³-hybridized carbons (Fsp3) is 0.609. The minimum absolute atomic E-state index is 0.234. The van der Waals surface area contributed by atoms with Crippen molar-refractivity contribution in [2.75, 3.05) is 31.1 Å².